The predicted molar refractivity (Wildman–Crippen MR) is 168 cm³/mol. The van der Waals surface area contributed by atoms with E-state index in [0.717, 1.165) is 36.1 Å². The van der Waals surface area contributed by atoms with Gasteiger partial charge in [0, 0.05) is 36.8 Å². The Kier molecular flexibility index (Phi) is 9.34. The summed E-state index contributed by atoms with van der Waals surface area (Å²) in [6.45, 7) is 16.1. The third kappa shape index (κ3) is 7.42. The van der Waals surface area contributed by atoms with Crippen molar-refractivity contribution < 1.29 is 28.8 Å². The molecule has 3 aliphatic rings. The van der Waals surface area contributed by atoms with E-state index < -0.39 is 17.7 Å². The zero-order chi connectivity index (χ0) is 31.6. The minimum absolute atomic E-state index is 0.00603. The molecule has 0 saturated carbocycles. The van der Waals surface area contributed by atoms with Gasteiger partial charge >= 0.3 is 5.97 Å². The van der Waals surface area contributed by atoms with Gasteiger partial charge in [-0.1, -0.05) is 24.3 Å². The van der Waals surface area contributed by atoms with Gasteiger partial charge < -0.3 is 29.0 Å². The van der Waals surface area contributed by atoms with Crippen LogP contribution >= 0.6 is 0 Å². The Hall–Kier alpha value is -3.47. The van der Waals surface area contributed by atoms with E-state index in [-0.39, 0.29) is 18.3 Å². The first-order chi connectivity index (χ1) is 20.8. The highest BCUT2D eigenvalue weighted by Crippen LogP contribution is 2.38. The number of aliphatic carboxylic acids is 1. The number of hydrogen-bond donors (Lipinski definition) is 1. The molecule has 238 valence electrons. The topological polar surface area (TPSA) is 108 Å². The molecule has 2 aromatic heterocycles. The average molecular weight is 607 g/mol. The quantitative estimate of drug-likeness (QED) is 0.354. The Morgan fingerprint density at radius 3 is 2.59 bits per heavy atom. The summed E-state index contributed by atoms with van der Waals surface area (Å²) in [5.74, 6) is 0.437. The fourth-order valence-corrected chi connectivity index (χ4v) is 5.79. The number of hydrogen-bond acceptors (Lipinski definition) is 8. The van der Waals surface area contributed by atoms with E-state index in [1.165, 1.54) is 0 Å². The molecule has 10 heteroatoms. The number of aryl methyl sites for hydroxylation is 2. The zero-order valence-corrected chi connectivity index (χ0v) is 27.1. The van der Waals surface area contributed by atoms with Crippen LogP contribution in [0.1, 0.15) is 88.1 Å². The number of ether oxygens (including phenoxy) is 4. The van der Waals surface area contributed by atoms with Crippen molar-refractivity contribution in [2.75, 3.05) is 24.6 Å². The maximum atomic E-state index is 12.7. The van der Waals surface area contributed by atoms with Crippen molar-refractivity contribution in [2.24, 2.45) is 0 Å². The molecule has 2 unspecified atom stereocenters. The number of carboxylic acid groups (broad SMARTS) is 1. The second-order valence-corrected chi connectivity index (χ2v) is 13.3. The third-order valence-corrected chi connectivity index (χ3v) is 8.15. The summed E-state index contributed by atoms with van der Waals surface area (Å²) in [6.07, 6.45) is 5.27. The van der Waals surface area contributed by atoms with Crippen LogP contribution in [0.4, 0.5) is 5.82 Å². The summed E-state index contributed by atoms with van der Waals surface area (Å²) < 4.78 is 26.8. The number of anilines is 1. The van der Waals surface area contributed by atoms with Crippen LogP contribution in [0.5, 0.6) is 5.75 Å². The predicted octanol–water partition coefficient (Wildman–Crippen LogP) is 6.11. The number of carbonyl (C=O) groups is 1. The molecule has 2 atom stereocenters. The fourth-order valence-electron chi connectivity index (χ4n) is 5.79. The van der Waals surface area contributed by atoms with Crippen molar-refractivity contribution in [1.82, 2.24) is 14.6 Å². The largest absolute Gasteiger partial charge is 0.490 e. The molecule has 3 aliphatic heterocycles. The van der Waals surface area contributed by atoms with Crippen molar-refractivity contribution in [3.63, 3.8) is 0 Å². The van der Waals surface area contributed by atoms with E-state index in [1.807, 2.05) is 52.8 Å². The molecular formula is C34H46N4O6. The Labute approximate surface area is 260 Å². The van der Waals surface area contributed by atoms with Crippen LogP contribution in [0.15, 0.2) is 36.4 Å². The third-order valence-electron chi connectivity index (χ3n) is 8.15. The number of nitrogens with zero attached hydrogens (tertiary/aromatic N) is 4. The summed E-state index contributed by atoms with van der Waals surface area (Å²) in [5, 5.41) is 15.3. The van der Waals surface area contributed by atoms with Crippen molar-refractivity contribution in [1.29, 1.82) is 0 Å². The molecule has 10 nitrogen and oxygen atoms in total. The lowest BCUT2D eigenvalue weighted by molar-refractivity contribution is -0.160. The number of fused-ring (bicyclic) bond motifs is 9. The van der Waals surface area contributed by atoms with Crippen molar-refractivity contribution >= 4 is 17.4 Å². The SMILES string of the molecule is Cc1ccc2c(c1)OC(C)CC=CCOC1(C)CCN(CC1)c1c(C(OC(C)(C)C)C(=O)O)c(C)nc3cc(nn13)COC2. The minimum atomic E-state index is -1.21. The van der Waals surface area contributed by atoms with Crippen LogP contribution in [-0.4, -0.2) is 62.7 Å². The van der Waals surface area contributed by atoms with Crippen molar-refractivity contribution in [3.8, 4) is 5.75 Å². The summed E-state index contributed by atoms with van der Waals surface area (Å²) >= 11 is 0. The van der Waals surface area contributed by atoms with Gasteiger partial charge in [0.25, 0.3) is 0 Å². The van der Waals surface area contributed by atoms with Gasteiger partial charge in [-0.2, -0.15) is 9.61 Å². The lowest BCUT2D eigenvalue weighted by Gasteiger charge is -2.41. The van der Waals surface area contributed by atoms with Crippen LogP contribution in [0.3, 0.4) is 0 Å². The van der Waals surface area contributed by atoms with E-state index >= 15 is 0 Å². The van der Waals surface area contributed by atoms with Gasteiger partial charge in [-0.3, -0.25) is 0 Å². The molecule has 1 N–H and O–H groups in total. The zero-order valence-electron chi connectivity index (χ0n) is 27.1. The van der Waals surface area contributed by atoms with Crippen LogP contribution in [0.25, 0.3) is 5.65 Å². The van der Waals surface area contributed by atoms with Crippen LogP contribution in [0, 0.1) is 13.8 Å². The van der Waals surface area contributed by atoms with E-state index in [4.69, 9.17) is 29.0 Å². The van der Waals surface area contributed by atoms with Gasteiger partial charge in [0.15, 0.2) is 11.8 Å². The first-order valence-electron chi connectivity index (χ1n) is 15.5. The molecular weight excluding hydrogens is 560 g/mol. The van der Waals surface area contributed by atoms with Crippen molar-refractivity contribution in [3.05, 3.63) is 64.5 Å². The summed E-state index contributed by atoms with van der Waals surface area (Å²) in [5.41, 5.74) is 3.53. The van der Waals surface area contributed by atoms with Gasteiger partial charge in [-0.05, 0) is 72.9 Å². The molecule has 1 fully saturated rings. The minimum Gasteiger partial charge on any atom is -0.490 e. The average Bonchev–Trinajstić information content (AvgIpc) is 3.34. The van der Waals surface area contributed by atoms with E-state index in [2.05, 4.69) is 37.0 Å². The second-order valence-electron chi connectivity index (χ2n) is 13.3. The molecule has 1 aromatic carbocycles. The smallest absolute Gasteiger partial charge is 0.337 e. The lowest BCUT2D eigenvalue weighted by atomic mass is 9.92. The van der Waals surface area contributed by atoms with Gasteiger partial charge in [0.1, 0.15) is 11.6 Å². The summed E-state index contributed by atoms with van der Waals surface area (Å²) in [6, 6.07) is 8.04. The molecule has 5 heterocycles. The molecule has 0 amide bonds. The molecule has 44 heavy (non-hydrogen) atoms. The Balaban J connectivity index is 1.57. The summed E-state index contributed by atoms with van der Waals surface area (Å²) in [4.78, 5) is 19.7. The molecule has 3 aromatic rings. The number of carboxylic acids is 1. The summed E-state index contributed by atoms with van der Waals surface area (Å²) in [7, 11) is 0. The van der Waals surface area contributed by atoms with E-state index in [0.29, 0.717) is 54.7 Å². The molecule has 0 spiro atoms. The van der Waals surface area contributed by atoms with Gasteiger partial charge in [0.05, 0.1) is 48.4 Å². The number of benzene rings is 1. The van der Waals surface area contributed by atoms with E-state index in [9.17, 15) is 9.90 Å². The fraction of sp³-hybridized carbons (Fsp3) is 0.559. The van der Waals surface area contributed by atoms with Crippen LogP contribution in [-0.2, 0) is 32.2 Å². The molecule has 0 aliphatic carbocycles. The standard InChI is InChI=1S/C34H46N4O6/c1-22-11-12-25-20-41-21-26-19-28-35-24(3)29(30(32(39)40)44-33(4,5)6)31(38(28)36-26)37-15-13-34(7,14-16-37)42-17-9-8-10-23(2)43-27(25)18-22/h8-9,11-12,18-19,23,30H,10,13-17,20-21H2,1-7H3,(H,39,40). The Morgan fingerprint density at radius 1 is 1.14 bits per heavy atom. The lowest BCUT2D eigenvalue weighted by Crippen LogP contribution is -2.45. The highest BCUT2D eigenvalue weighted by Gasteiger charge is 2.37. The maximum absolute atomic E-state index is 12.7. The van der Waals surface area contributed by atoms with Crippen LogP contribution in [0.2, 0.25) is 0 Å². The Bertz CT molecular complexity index is 1520. The first-order valence-corrected chi connectivity index (χ1v) is 15.5. The van der Waals surface area contributed by atoms with Gasteiger partial charge in [-0.15, -0.1) is 0 Å². The Morgan fingerprint density at radius 2 is 1.89 bits per heavy atom. The molecule has 1 saturated heterocycles. The van der Waals surface area contributed by atoms with Gasteiger partial charge in [0.2, 0.25) is 0 Å². The number of rotatable bonds is 3. The maximum Gasteiger partial charge on any atom is 0.337 e. The monoisotopic (exact) mass is 606 g/mol. The number of piperidine rings is 1. The normalized spacial score (nSPS) is 22.5. The molecule has 4 bridgehead atoms. The second kappa shape index (κ2) is 12.9. The first kappa shape index (κ1) is 31.9. The number of aromatic nitrogens is 3. The molecule has 0 radical (unpaired) electrons. The van der Waals surface area contributed by atoms with Crippen molar-refractivity contribution in [2.45, 2.75) is 104 Å². The van der Waals surface area contributed by atoms with Crippen LogP contribution < -0.4 is 9.64 Å². The highest BCUT2D eigenvalue weighted by molar-refractivity contribution is 5.78. The van der Waals surface area contributed by atoms with Gasteiger partial charge in [-0.25, -0.2) is 9.78 Å². The highest BCUT2D eigenvalue weighted by atomic mass is 16.5. The molecule has 6 rings (SSSR count). The van der Waals surface area contributed by atoms with E-state index in [1.54, 1.807) is 4.52 Å².